The molecule has 0 fully saturated rings. The molecule has 0 saturated heterocycles. The van der Waals surface area contributed by atoms with E-state index < -0.39 is 0 Å². The zero-order chi connectivity index (χ0) is 13.4. The van der Waals surface area contributed by atoms with Crippen LogP contribution < -0.4 is 0 Å². The lowest BCUT2D eigenvalue weighted by Gasteiger charge is -2.11. The van der Waals surface area contributed by atoms with Crippen molar-refractivity contribution in [1.82, 2.24) is 0 Å². The third kappa shape index (κ3) is 4.91. The first-order valence-corrected chi connectivity index (χ1v) is 6.86. The minimum atomic E-state index is -0.0583. The maximum Gasteiger partial charge on any atom is 0.308 e. The molecule has 0 radical (unpaired) electrons. The molecule has 1 rings (SSSR count). The highest BCUT2D eigenvalue weighted by Gasteiger charge is 2.13. The number of esters is 1. The molecule has 18 heavy (non-hydrogen) atoms. The quantitative estimate of drug-likeness (QED) is 0.684. The SMILES string of the molecule is CCCCC(C)C(=O)OCCc1ccccc1C. The van der Waals surface area contributed by atoms with Gasteiger partial charge in [0, 0.05) is 6.42 Å². The highest BCUT2D eigenvalue weighted by Crippen LogP contribution is 2.11. The van der Waals surface area contributed by atoms with Crippen LogP contribution in [0.1, 0.15) is 44.2 Å². The first-order chi connectivity index (χ1) is 8.65. The van der Waals surface area contributed by atoms with Crippen molar-refractivity contribution in [2.24, 2.45) is 5.92 Å². The molecule has 0 aliphatic carbocycles. The standard InChI is InChI=1S/C16H24O2/c1-4-5-8-14(3)16(17)18-12-11-15-10-7-6-9-13(15)2/h6-7,9-10,14H,4-5,8,11-12H2,1-3H3. The van der Waals surface area contributed by atoms with Crippen LogP contribution in [0, 0.1) is 12.8 Å². The molecule has 0 aliphatic rings. The number of carbonyl (C=O) groups excluding carboxylic acids is 1. The summed E-state index contributed by atoms with van der Waals surface area (Å²) in [5.74, 6) is -0.0288. The number of benzene rings is 1. The smallest absolute Gasteiger partial charge is 0.308 e. The number of rotatable bonds is 7. The number of carbonyl (C=O) groups is 1. The second-order valence-electron chi connectivity index (χ2n) is 4.89. The van der Waals surface area contributed by atoms with Gasteiger partial charge in [-0.25, -0.2) is 0 Å². The summed E-state index contributed by atoms with van der Waals surface area (Å²) in [6.07, 6.45) is 3.95. The number of hydrogen-bond acceptors (Lipinski definition) is 2. The molecule has 1 aromatic rings. The van der Waals surface area contributed by atoms with E-state index in [-0.39, 0.29) is 11.9 Å². The Labute approximate surface area is 110 Å². The highest BCUT2D eigenvalue weighted by atomic mass is 16.5. The number of unbranched alkanes of at least 4 members (excludes halogenated alkanes) is 1. The van der Waals surface area contributed by atoms with Gasteiger partial charge in [0.05, 0.1) is 12.5 Å². The minimum Gasteiger partial charge on any atom is -0.465 e. The fourth-order valence-electron chi connectivity index (χ4n) is 1.92. The van der Waals surface area contributed by atoms with E-state index >= 15 is 0 Å². The van der Waals surface area contributed by atoms with E-state index in [2.05, 4.69) is 26.0 Å². The molecule has 0 spiro atoms. The molecule has 100 valence electrons. The lowest BCUT2D eigenvalue weighted by molar-refractivity contribution is -0.148. The molecule has 0 saturated carbocycles. The second kappa shape index (κ2) is 7.91. The zero-order valence-corrected chi connectivity index (χ0v) is 11.7. The molecule has 0 amide bonds. The van der Waals surface area contributed by atoms with Crippen molar-refractivity contribution < 1.29 is 9.53 Å². The molecule has 0 N–H and O–H groups in total. The lowest BCUT2D eigenvalue weighted by Crippen LogP contribution is -2.16. The zero-order valence-electron chi connectivity index (χ0n) is 11.7. The molecule has 2 heteroatoms. The Morgan fingerprint density at radius 1 is 1.33 bits per heavy atom. The van der Waals surface area contributed by atoms with E-state index in [4.69, 9.17) is 4.74 Å². The highest BCUT2D eigenvalue weighted by molar-refractivity contribution is 5.71. The van der Waals surface area contributed by atoms with Gasteiger partial charge in [0.15, 0.2) is 0 Å². The summed E-state index contributed by atoms with van der Waals surface area (Å²) in [7, 11) is 0. The predicted octanol–water partition coefficient (Wildman–Crippen LogP) is 3.91. The van der Waals surface area contributed by atoms with Crippen LogP contribution in [0.4, 0.5) is 0 Å². The van der Waals surface area contributed by atoms with E-state index in [0.717, 1.165) is 25.7 Å². The average molecular weight is 248 g/mol. The monoisotopic (exact) mass is 248 g/mol. The Bertz CT molecular complexity index is 371. The van der Waals surface area contributed by atoms with Crippen molar-refractivity contribution in [1.29, 1.82) is 0 Å². The van der Waals surface area contributed by atoms with Gasteiger partial charge in [-0.1, -0.05) is 51.0 Å². The van der Waals surface area contributed by atoms with Gasteiger partial charge in [-0.05, 0) is 24.5 Å². The summed E-state index contributed by atoms with van der Waals surface area (Å²) in [6.45, 7) is 6.66. The van der Waals surface area contributed by atoms with Crippen molar-refractivity contribution in [2.45, 2.75) is 46.5 Å². The largest absolute Gasteiger partial charge is 0.465 e. The normalized spacial score (nSPS) is 12.2. The van der Waals surface area contributed by atoms with Crippen LogP contribution in [0.25, 0.3) is 0 Å². The van der Waals surface area contributed by atoms with Crippen LogP contribution in [0.2, 0.25) is 0 Å². The summed E-state index contributed by atoms with van der Waals surface area (Å²) in [5, 5.41) is 0. The third-order valence-corrected chi connectivity index (χ3v) is 3.27. The Hall–Kier alpha value is -1.31. The van der Waals surface area contributed by atoms with Crippen LogP contribution in [0.5, 0.6) is 0 Å². The Morgan fingerprint density at radius 3 is 2.72 bits per heavy atom. The maximum absolute atomic E-state index is 11.7. The number of ether oxygens (including phenoxy) is 1. The number of aryl methyl sites for hydroxylation is 1. The van der Waals surface area contributed by atoms with Gasteiger partial charge in [-0.15, -0.1) is 0 Å². The Balaban J connectivity index is 2.29. The Morgan fingerprint density at radius 2 is 2.06 bits per heavy atom. The Kier molecular flexibility index (Phi) is 6.48. The molecule has 0 aromatic heterocycles. The predicted molar refractivity (Wildman–Crippen MR) is 74.5 cm³/mol. The van der Waals surface area contributed by atoms with E-state index in [0.29, 0.717) is 6.61 Å². The lowest BCUT2D eigenvalue weighted by atomic mass is 10.0. The van der Waals surface area contributed by atoms with Gasteiger partial charge in [0.2, 0.25) is 0 Å². The summed E-state index contributed by atoms with van der Waals surface area (Å²) in [4.78, 5) is 11.7. The summed E-state index contributed by atoms with van der Waals surface area (Å²) >= 11 is 0. The summed E-state index contributed by atoms with van der Waals surface area (Å²) in [6, 6.07) is 8.22. The number of hydrogen-bond donors (Lipinski definition) is 0. The van der Waals surface area contributed by atoms with Gasteiger partial charge in [-0.3, -0.25) is 4.79 Å². The van der Waals surface area contributed by atoms with Crippen molar-refractivity contribution in [2.75, 3.05) is 6.61 Å². The third-order valence-electron chi connectivity index (χ3n) is 3.27. The fraction of sp³-hybridized carbons (Fsp3) is 0.562. The van der Waals surface area contributed by atoms with Crippen LogP contribution in [0.15, 0.2) is 24.3 Å². The molecule has 0 heterocycles. The first kappa shape index (κ1) is 14.7. The molecule has 2 nitrogen and oxygen atoms in total. The molecule has 1 atom stereocenters. The van der Waals surface area contributed by atoms with Crippen LogP contribution >= 0.6 is 0 Å². The van der Waals surface area contributed by atoms with Gasteiger partial charge in [-0.2, -0.15) is 0 Å². The topological polar surface area (TPSA) is 26.3 Å². The molecular formula is C16H24O2. The fourth-order valence-corrected chi connectivity index (χ4v) is 1.92. The first-order valence-electron chi connectivity index (χ1n) is 6.86. The molecule has 0 aliphatic heterocycles. The minimum absolute atomic E-state index is 0.0295. The molecule has 1 aromatic carbocycles. The van der Waals surface area contributed by atoms with Gasteiger partial charge >= 0.3 is 5.97 Å². The van der Waals surface area contributed by atoms with Crippen molar-refractivity contribution in [3.63, 3.8) is 0 Å². The van der Waals surface area contributed by atoms with Crippen molar-refractivity contribution in [3.8, 4) is 0 Å². The summed E-state index contributed by atoms with van der Waals surface area (Å²) in [5.41, 5.74) is 2.51. The van der Waals surface area contributed by atoms with Crippen LogP contribution in [0.3, 0.4) is 0 Å². The maximum atomic E-state index is 11.7. The van der Waals surface area contributed by atoms with Gasteiger partial charge in [0.25, 0.3) is 0 Å². The van der Waals surface area contributed by atoms with Gasteiger partial charge < -0.3 is 4.74 Å². The van der Waals surface area contributed by atoms with E-state index in [1.807, 2.05) is 19.1 Å². The van der Waals surface area contributed by atoms with E-state index in [1.54, 1.807) is 0 Å². The molecule has 0 bridgehead atoms. The van der Waals surface area contributed by atoms with Crippen LogP contribution in [-0.2, 0) is 16.0 Å². The van der Waals surface area contributed by atoms with Gasteiger partial charge in [0.1, 0.15) is 0 Å². The summed E-state index contributed by atoms with van der Waals surface area (Å²) < 4.78 is 5.32. The second-order valence-corrected chi connectivity index (χ2v) is 4.89. The molecule has 1 unspecified atom stereocenters. The average Bonchev–Trinajstić information content (AvgIpc) is 2.38. The van der Waals surface area contributed by atoms with E-state index in [1.165, 1.54) is 11.1 Å². The molecular weight excluding hydrogens is 224 g/mol. The van der Waals surface area contributed by atoms with Crippen LogP contribution in [-0.4, -0.2) is 12.6 Å². The van der Waals surface area contributed by atoms with E-state index in [9.17, 15) is 4.79 Å². The van der Waals surface area contributed by atoms with Crippen molar-refractivity contribution in [3.05, 3.63) is 35.4 Å². The van der Waals surface area contributed by atoms with Crippen molar-refractivity contribution >= 4 is 5.97 Å².